The van der Waals surface area contributed by atoms with Gasteiger partial charge >= 0.3 is 5.97 Å². The third kappa shape index (κ3) is 2.57. The molecule has 2 unspecified atom stereocenters. The standard InChI is InChI=1S/C14H21N3O2S/c1-14(2,3)17-12(10-5-8-4-9(8)6-10)15-16-13(17)20-7-11(18)19/h8-10H,4-7H2,1-3H3,(H,18,19). The van der Waals surface area contributed by atoms with Crippen molar-refractivity contribution in [3.05, 3.63) is 5.82 Å². The van der Waals surface area contributed by atoms with E-state index in [1.54, 1.807) is 0 Å². The van der Waals surface area contributed by atoms with Crippen LogP contribution in [0.5, 0.6) is 0 Å². The minimum absolute atomic E-state index is 0.0319. The second-order valence-electron chi connectivity index (χ2n) is 6.95. The van der Waals surface area contributed by atoms with Gasteiger partial charge < -0.3 is 9.67 Å². The van der Waals surface area contributed by atoms with Gasteiger partial charge in [-0.05, 0) is 51.9 Å². The van der Waals surface area contributed by atoms with Crippen LogP contribution in [0.25, 0.3) is 0 Å². The highest BCUT2D eigenvalue weighted by Crippen LogP contribution is 2.57. The van der Waals surface area contributed by atoms with E-state index in [0.717, 1.165) is 22.8 Å². The molecule has 0 radical (unpaired) electrons. The Morgan fingerprint density at radius 2 is 1.95 bits per heavy atom. The first-order valence-corrected chi connectivity index (χ1v) is 8.15. The number of hydrogen-bond acceptors (Lipinski definition) is 4. The van der Waals surface area contributed by atoms with Crippen LogP contribution in [-0.2, 0) is 10.3 Å². The van der Waals surface area contributed by atoms with Crippen LogP contribution in [0.3, 0.4) is 0 Å². The highest BCUT2D eigenvalue weighted by atomic mass is 32.2. The predicted molar refractivity (Wildman–Crippen MR) is 76.9 cm³/mol. The first-order chi connectivity index (χ1) is 9.36. The number of carboxylic acids is 1. The number of carboxylic acid groups (broad SMARTS) is 1. The molecule has 2 aliphatic carbocycles. The fourth-order valence-electron chi connectivity index (χ4n) is 3.32. The van der Waals surface area contributed by atoms with E-state index in [4.69, 9.17) is 5.11 Å². The molecule has 0 aliphatic heterocycles. The van der Waals surface area contributed by atoms with Gasteiger partial charge in [0.25, 0.3) is 0 Å². The second-order valence-corrected chi connectivity index (χ2v) is 7.90. The Morgan fingerprint density at radius 1 is 1.30 bits per heavy atom. The van der Waals surface area contributed by atoms with Crippen LogP contribution >= 0.6 is 11.8 Å². The minimum atomic E-state index is -0.817. The van der Waals surface area contributed by atoms with Gasteiger partial charge in [0.15, 0.2) is 5.16 Å². The highest BCUT2D eigenvalue weighted by molar-refractivity contribution is 7.99. The summed E-state index contributed by atoms with van der Waals surface area (Å²) in [6.07, 6.45) is 3.84. The molecule has 0 bridgehead atoms. The summed E-state index contributed by atoms with van der Waals surface area (Å²) in [5.41, 5.74) is -0.119. The molecule has 0 saturated heterocycles. The quantitative estimate of drug-likeness (QED) is 0.865. The molecule has 2 fully saturated rings. The normalized spacial score (nSPS) is 28.4. The molecule has 20 heavy (non-hydrogen) atoms. The van der Waals surface area contributed by atoms with Crippen molar-refractivity contribution >= 4 is 17.7 Å². The number of nitrogens with zero attached hydrogens (tertiary/aromatic N) is 3. The molecule has 1 N–H and O–H groups in total. The Balaban J connectivity index is 1.87. The van der Waals surface area contributed by atoms with Gasteiger partial charge in [0.05, 0.1) is 5.75 Å². The molecule has 2 saturated carbocycles. The Kier molecular flexibility index (Phi) is 3.31. The second kappa shape index (κ2) is 4.76. The molecule has 2 atom stereocenters. The summed E-state index contributed by atoms with van der Waals surface area (Å²) in [5.74, 6) is 2.58. The molecule has 0 spiro atoms. The zero-order valence-corrected chi connectivity index (χ0v) is 13.0. The van der Waals surface area contributed by atoms with E-state index in [-0.39, 0.29) is 11.3 Å². The van der Waals surface area contributed by atoms with Crippen molar-refractivity contribution in [1.29, 1.82) is 0 Å². The Hall–Kier alpha value is -1.04. The molecule has 6 heteroatoms. The zero-order valence-electron chi connectivity index (χ0n) is 12.2. The van der Waals surface area contributed by atoms with Crippen LogP contribution in [0.1, 0.15) is 51.8 Å². The van der Waals surface area contributed by atoms with Gasteiger partial charge in [-0.25, -0.2) is 0 Å². The number of thioether (sulfide) groups is 1. The molecule has 1 heterocycles. The fraction of sp³-hybridized carbons (Fsp3) is 0.786. The van der Waals surface area contributed by atoms with Gasteiger partial charge in [-0.1, -0.05) is 11.8 Å². The fourth-order valence-corrected chi connectivity index (χ4v) is 4.17. The lowest BCUT2D eigenvalue weighted by molar-refractivity contribution is -0.133. The maximum Gasteiger partial charge on any atom is 0.313 e. The van der Waals surface area contributed by atoms with Crippen molar-refractivity contribution < 1.29 is 9.90 Å². The Labute approximate surface area is 123 Å². The minimum Gasteiger partial charge on any atom is -0.481 e. The summed E-state index contributed by atoms with van der Waals surface area (Å²) >= 11 is 1.26. The molecule has 3 rings (SSSR count). The highest BCUT2D eigenvalue weighted by Gasteiger charge is 2.48. The van der Waals surface area contributed by atoms with E-state index >= 15 is 0 Å². The van der Waals surface area contributed by atoms with Crippen LogP contribution in [0.2, 0.25) is 0 Å². The monoisotopic (exact) mass is 295 g/mol. The average Bonchev–Trinajstić information content (AvgIpc) is 2.79. The first kappa shape index (κ1) is 13.9. The van der Waals surface area contributed by atoms with E-state index < -0.39 is 5.97 Å². The summed E-state index contributed by atoms with van der Waals surface area (Å²) in [6, 6.07) is 0. The number of fused-ring (bicyclic) bond motifs is 1. The number of aromatic nitrogens is 3. The van der Waals surface area contributed by atoms with Gasteiger partial charge in [-0.3, -0.25) is 4.79 Å². The average molecular weight is 295 g/mol. The van der Waals surface area contributed by atoms with Gasteiger partial charge in [0.2, 0.25) is 0 Å². The summed E-state index contributed by atoms with van der Waals surface area (Å²) in [4.78, 5) is 10.8. The van der Waals surface area contributed by atoms with Gasteiger partial charge in [0.1, 0.15) is 5.82 Å². The van der Waals surface area contributed by atoms with Crippen molar-refractivity contribution in [1.82, 2.24) is 14.8 Å². The third-order valence-electron chi connectivity index (χ3n) is 4.26. The van der Waals surface area contributed by atoms with Crippen LogP contribution < -0.4 is 0 Å². The maximum atomic E-state index is 10.8. The topological polar surface area (TPSA) is 68.0 Å². The van der Waals surface area contributed by atoms with Crippen LogP contribution in [0.15, 0.2) is 5.16 Å². The number of rotatable bonds is 4. The van der Waals surface area contributed by atoms with E-state index in [2.05, 4.69) is 35.5 Å². The SMILES string of the molecule is CC(C)(C)n1c(SCC(=O)O)nnc1C1CC2CC2C1. The van der Waals surface area contributed by atoms with Crippen molar-refractivity contribution in [2.24, 2.45) is 11.8 Å². The van der Waals surface area contributed by atoms with E-state index in [0.29, 0.717) is 5.92 Å². The van der Waals surface area contributed by atoms with Gasteiger partial charge in [-0.2, -0.15) is 0 Å². The Morgan fingerprint density at radius 3 is 2.50 bits per heavy atom. The van der Waals surface area contributed by atoms with Gasteiger partial charge in [0, 0.05) is 11.5 Å². The summed E-state index contributed by atoms with van der Waals surface area (Å²) in [7, 11) is 0. The van der Waals surface area contributed by atoms with Gasteiger partial charge in [-0.15, -0.1) is 10.2 Å². The molecule has 0 aromatic carbocycles. The number of aliphatic carboxylic acids is 1. The Bertz CT molecular complexity index is 525. The van der Waals surface area contributed by atoms with Crippen LogP contribution in [0.4, 0.5) is 0 Å². The molecule has 1 aromatic rings. The zero-order chi connectivity index (χ0) is 14.5. The molecule has 2 aliphatic rings. The van der Waals surface area contributed by atoms with Crippen molar-refractivity contribution in [3.8, 4) is 0 Å². The largest absolute Gasteiger partial charge is 0.481 e. The van der Waals surface area contributed by atoms with Crippen molar-refractivity contribution in [3.63, 3.8) is 0 Å². The van der Waals surface area contributed by atoms with Crippen molar-refractivity contribution in [2.75, 3.05) is 5.75 Å². The van der Waals surface area contributed by atoms with Crippen LogP contribution in [-0.4, -0.2) is 31.6 Å². The van der Waals surface area contributed by atoms with E-state index in [9.17, 15) is 4.79 Å². The molecular weight excluding hydrogens is 274 g/mol. The van der Waals surface area contributed by atoms with E-state index in [1.807, 2.05) is 0 Å². The summed E-state index contributed by atoms with van der Waals surface area (Å²) < 4.78 is 2.15. The predicted octanol–water partition coefficient (Wildman–Crippen LogP) is 2.72. The van der Waals surface area contributed by atoms with E-state index in [1.165, 1.54) is 31.0 Å². The summed E-state index contributed by atoms with van der Waals surface area (Å²) in [5, 5.41) is 18.2. The molecule has 5 nitrogen and oxygen atoms in total. The third-order valence-corrected chi connectivity index (χ3v) is 5.18. The maximum absolute atomic E-state index is 10.8. The van der Waals surface area contributed by atoms with Crippen molar-refractivity contribution in [2.45, 2.75) is 56.6 Å². The lowest BCUT2D eigenvalue weighted by Gasteiger charge is -2.26. The lowest BCUT2D eigenvalue weighted by atomic mass is 10.0. The molecular formula is C14H21N3O2S. The number of carbonyl (C=O) groups is 1. The molecule has 0 amide bonds. The smallest absolute Gasteiger partial charge is 0.313 e. The first-order valence-electron chi connectivity index (χ1n) is 7.16. The number of hydrogen-bond donors (Lipinski definition) is 1. The lowest BCUT2D eigenvalue weighted by Crippen LogP contribution is -2.26. The van der Waals surface area contributed by atoms with Crippen LogP contribution in [0, 0.1) is 11.8 Å². The molecule has 1 aromatic heterocycles. The molecule has 110 valence electrons. The summed E-state index contributed by atoms with van der Waals surface area (Å²) in [6.45, 7) is 6.38.